The highest BCUT2D eigenvalue weighted by molar-refractivity contribution is 5.88. The van der Waals surface area contributed by atoms with E-state index in [1.54, 1.807) is 24.4 Å². The Kier molecular flexibility index (Phi) is 1.89. The number of aryl methyl sites for hydroxylation is 1. The fourth-order valence-electron chi connectivity index (χ4n) is 1.45. The molecule has 0 saturated heterocycles. The molecule has 2 rings (SSSR count). The maximum Gasteiger partial charge on any atom is 0.279 e. The summed E-state index contributed by atoms with van der Waals surface area (Å²) in [6.45, 7) is 1.82. The summed E-state index contributed by atoms with van der Waals surface area (Å²) in [6, 6.07) is 6.80. The van der Waals surface area contributed by atoms with Gasteiger partial charge in [-0.25, -0.2) is 0 Å². The molecular weight excluding hydrogens is 180 g/mol. The Morgan fingerprint density at radius 3 is 2.93 bits per heavy atom. The van der Waals surface area contributed by atoms with Crippen molar-refractivity contribution in [1.82, 2.24) is 4.98 Å². The third-order valence-corrected chi connectivity index (χ3v) is 2.04. The second kappa shape index (κ2) is 3.06. The van der Waals surface area contributed by atoms with Gasteiger partial charge >= 0.3 is 0 Å². The molecule has 0 atom stereocenters. The summed E-state index contributed by atoms with van der Waals surface area (Å²) in [7, 11) is 0. The number of hydrogen-bond acceptors (Lipinski definition) is 3. The van der Waals surface area contributed by atoms with Crippen LogP contribution in [0.2, 0.25) is 0 Å². The fourth-order valence-corrected chi connectivity index (χ4v) is 1.45. The summed E-state index contributed by atoms with van der Waals surface area (Å²) in [5.41, 5.74) is 1.63. The van der Waals surface area contributed by atoms with E-state index in [1.807, 2.05) is 13.0 Å². The zero-order valence-electron chi connectivity index (χ0n) is 7.60. The lowest BCUT2D eigenvalue weighted by Gasteiger charge is -1.99. The molecule has 0 fully saturated rings. The molecule has 2 aromatic rings. The van der Waals surface area contributed by atoms with Crippen LogP contribution >= 0.6 is 0 Å². The van der Waals surface area contributed by atoms with E-state index in [-0.39, 0.29) is 10.6 Å². The first kappa shape index (κ1) is 8.62. The number of non-ortho nitro benzene ring substituents is 1. The van der Waals surface area contributed by atoms with Crippen LogP contribution in [-0.4, -0.2) is 9.91 Å². The lowest BCUT2D eigenvalue weighted by Crippen LogP contribution is -1.91. The summed E-state index contributed by atoms with van der Waals surface area (Å²) in [5, 5.41) is 11.3. The summed E-state index contributed by atoms with van der Waals surface area (Å²) in [4.78, 5) is 14.4. The second-order valence-corrected chi connectivity index (χ2v) is 3.11. The zero-order chi connectivity index (χ0) is 10.1. The predicted molar refractivity (Wildman–Crippen MR) is 53.1 cm³/mol. The van der Waals surface area contributed by atoms with Gasteiger partial charge in [0.1, 0.15) is 0 Å². The fraction of sp³-hybridized carbons (Fsp3) is 0.100. The minimum atomic E-state index is -0.378. The Balaban J connectivity index is 2.87. The van der Waals surface area contributed by atoms with Crippen molar-refractivity contribution in [2.45, 2.75) is 6.92 Å². The van der Waals surface area contributed by atoms with E-state index in [0.29, 0.717) is 10.9 Å². The molecule has 1 aromatic heterocycles. The molecule has 0 radical (unpaired) electrons. The predicted octanol–water partition coefficient (Wildman–Crippen LogP) is 2.45. The van der Waals surface area contributed by atoms with E-state index < -0.39 is 0 Å². The monoisotopic (exact) mass is 188 g/mol. The normalized spacial score (nSPS) is 10.4. The molecule has 0 aliphatic carbocycles. The Labute approximate surface area is 80.4 Å². The van der Waals surface area contributed by atoms with Crippen LogP contribution < -0.4 is 0 Å². The summed E-state index contributed by atoms with van der Waals surface area (Å²) in [5.74, 6) is 0. The van der Waals surface area contributed by atoms with E-state index in [9.17, 15) is 10.1 Å². The molecule has 1 aromatic carbocycles. The topological polar surface area (TPSA) is 56.0 Å². The molecular formula is C10H8N2O2. The highest BCUT2D eigenvalue weighted by Crippen LogP contribution is 2.25. The van der Waals surface area contributed by atoms with Crippen molar-refractivity contribution >= 4 is 16.6 Å². The van der Waals surface area contributed by atoms with Gasteiger partial charge in [0.15, 0.2) is 0 Å². The van der Waals surface area contributed by atoms with Gasteiger partial charge in [0, 0.05) is 12.3 Å². The molecule has 0 bridgehead atoms. The van der Waals surface area contributed by atoms with Gasteiger partial charge in [0.25, 0.3) is 5.69 Å². The third-order valence-electron chi connectivity index (χ3n) is 2.04. The number of hydrogen-bond donors (Lipinski definition) is 0. The molecule has 4 heteroatoms. The molecule has 14 heavy (non-hydrogen) atoms. The van der Waals surface area contributed by atoms with Crippen molar-refractivity contribution in [3.05, 3.63) is 46.1 Å². The molecule has 0 aliphatic heterocycles. The Morgan fingerprint density at radius 1 is 1.43 bits per heavy atom. The first-order valence-electron chi connectivity index (χ1n) is 4.18. The van der Waals surface area contributed by atoms with Crippen molar-refractivity contribution in [2.75, 3.05) is 0 Å². The van der Waals surface area contributed by atoms with Crippen LogP contribution in [0.3, 0.4) is 0 Å². The number of rotatable bonds is 1. The van der Waals surface area contributed by atoms with Crippen LogP contribution in [0.15, 0.2) is 30.5 Å². The quantitative estimate of drug-likeness (QED) is 0.510. The van der Waals surface area contributed by atoms with Crippen molar-refractivity contribution in [3.63, 3.8) is 0 Å². The van der Waals surface area contributed by atoms with Crippen LogP contribution in [0.25, 0.3) is 10.9 Å². The van der Waals surface area contributed by atoms with Gasteiger partial charge in [-0.15, -0.1) is 0 Å². The lowest BCUT2D eigenvalue weighted by atomic mass is 10.1. The van der Waals surface area contributed by atoms with E-state index in [2.05, 4.69) is 4.98 Å². The second-order valence-electron chi connectivity index (χ2n) is 3.11. The molecule has 4 nitrogen and oxygen atoms in total. The van der Waals surface area contributed by atoms with Crippen LogP contribution in [0.4, 0.5) is 5.69 Å². The van der Waals surface area contributed by atoms with Gasteiger partial charge in [0.05, 0.1) is 15.8 Å². The minimum Gasteiger partial charge on any atom is -0.258 e. The van der Waals surface area contributed by atoms with Gasteiger partial charge in [-0.3, -0.25) is 15.1 Å². The highest BCUT2D eigenvalue weighted by Gasteiger charge is 2.12. The van der Waals surface area contributed by atoms with Crippen molar-refractivity contribution in [3.8, 4) is 0 Å². The van der Waals surface area contributed by atoms with E-state index in [0.717, 1.165) is 5.56 Å². The van der Waals surface area contributed by atoms with Crippen LogP contribution in [0.1, 0.15) is 5.56 Å². The standard InChI is InChI=1S/C10H8N2O2/c1-7-5-9-8(3-2-4-11-9)10(6-7)12(13)14/h2-6H,1H3. The highest BCUT2D eigenvalue weighted by atomic mass is 16.6. The summed E-state index contributed by atoms with van der Waals surface area (Å²) in [6.07, 6.45) is 1.63. The number of nitro groups is 1. The van der Waals surface area contributed by atoms with Gasteiger partial charge in [-0.05, 0) is 30.7 Å². The maximum atomic E-state index is 10.7. The van der Waals surface area contributed by atoms with E-state index in [1.165, 1.54) is 0 Å². The summed E-state index contributed by atoms with van der Waals surface area (Å²) >= 11 is 0. The van der Waals surface area contributed by atoms with Gasteiger partial charge in [0.2, 0.25) is 0 Å². The van der Waals surface area contributed by atoms with Gasteiger partial charge in [-0.1, -0.05) is 0 Å². The van der Waals surface area contributed by atoms with Crippen molar-refractivity contribution < 1.29 is 4.92 Å². The number of pyridine rings is 1. The number of nitro benzene ring substituents is 1. The van der Waals surface area contributed by atoms with E-state index >= 15 is 0 Å². The number of benzene rings is 1. The molecule has 0 spiro atoms. The minimum absolute atomic E-state index is 0.119. The Hall–Kier alpha value is -1.97. The maximum absolute atomic E-state index is 10.7. The first-order valence-corrected chi connectivity index (χ1v) is 4.18. The first-order chi connectivity index (χ1) is 6.68. The number of aromatic nitrogens is 1. The summed E-state index contributed by atoms with van der Waals surface area (Å²) < 4.78 is 0. The van der Waals surface area contributed by atoms with Crippen LogP contribution in [-0.2, 0) is 0 Å². The lowest BCUT2D eigenvalue weighted by molar-refractivity contribution is -0.383. The Bertz CT molecular complexity index is 508. The molecule has 0 unspecified atom stereocenters. The molecule has 0 amide bonds. The molecule has 1 heterocycles. The van der Waals surface area contributed by atoms with Crippen molar-refractivity contribution in [2.24, 2.45) is 0 Å². The third kappa shape index (κ3) is 1.31. The van der Waals surface area contributed by atoms with Crippen LogP contribution in [0, 0.1) is 17.0 Å². The average molecular weight is 188 g/mol. The smallest absolute Gasteiger partial charge is 0.258 e. The number of fused-ring (bicyclic) bond motifs is 1. The molecule has 0 saturated carbocycles. The van der Waals surface area contributed by atoms with Gasteiger partial charge in [-0.2, -0.15) is 0 Å². The molecule has 0 aliphatic rings. The average Bonchev–Trinajstić information content (AvgIpc) is 2.16. The SMILES string of the molecule is Cc1cc([N+](=O)[O-])c2cccnc2c1. The largest absolute Gasteiger partial charge is 0.279 e. The number of nitrogens with zero attached hydrogens (tertiary/aromatic N) is 2. The van der Waals surface area contributed by atoms with Crippen LogP contribution in [0.5, 0.6) is 0 Å². The zero-order valence-corrected chi connectivity index (χ0v) is 7.60. The Morgan fingerprint density at radius 2 is 2.21 bits per heavy atom. The van der Waals surface area contributed by atoms with Gasteiger partial charge < -0.3 is 0 Å². The molecule has 0 N–H and O–H groups in total. The molecule has 70 valence electrons. The van der Waals surface area contributed by atoms with Crippen molar-refractivity contribution in [1.29, 1.82) is 0 Å². The van der Waals surface area contributed by atoms with E-state index in [4.69, 9.17) is 0 Å².